The lowest BCUT2D eigenvalue weighted by molar-refractivity contribution is 0.183. The molecule has 1 aromatic heterocycles. The van der Waals surface area contributed by atoms with E-state index in [1.165, 1.54) is 0 Å². The zero-order valence-electron chi connectivity index (χ0n) is 11.4. The first-order valence-corrected chi connectivity index (χ1v) is 6.98. The first-order chi connectivity index (χ1) is 9.21. The van der Waals surface area contributed by atoms with Crippen LogP contribution in [0.4, 0.5) is 0 Å². The number of nitrogens with one attached hydrogen (secondary N) is 1. The summed E-state index contributed by atoms with van der Waals surface area (Å²) in [5.41, 5.74) is 1.90. The molecule has 0 radical (unpaired) electrons. The normalized spacial score (nSPS) is 11.2. The molecule has 0 spiro atoms. The summed E-state index contributed by atoms with van der Waals surface area (Å²) < 4.78 is 17.4. The minimum atomic E-state index is 0.521. The summed E-state index contributed by atoms with van der Waals surface area (Å²) in [6.45, 7) is 4.18. The number of ether oxygens (including phenoxy) is 2. The van der Waals surface area contributed by atoms with E-state index in [1.807, 2.05) is 12.1 Å². The van der Waals surface area contributed by atoms with Crippen molar-refractivity contribution < 1.29 is 13.9 Å². The molecule has 0 aliphatic rings. The Morgan fingerprint density at radius 2 is 2.11 bits per heavy atom. The number of benzene rings is 1. The number of hydrogen-bond donors (Lipinski definition) is 1. The molecule has 0 fully saturated rings. The highest BCUT2D eigenvalue weighted by Crippen LogP contribution is 2.35. The van der Waals surface area contributed by atoms with Crippen molar-refractivity contribution in [3.8, 4) is 5.75 Å². The lowest BCUT2D eigenvalue weighted by Gasteiger charge is -2.03. The second-order valence-corrected chi connectivity index (χ2v) is 5.06. The third-order valence-corrected chi connectivity index (χ3v) is 3.55. The summed E-state index contributed by atoms with van der Waals surface area (Å²) in [6.07, 6.45) is 0. The molecule has 0 amide bonds. The largest absolute Gasteiger partial charge is 0.497 e. The number of hydrogen-bond acceptors (Lipinski definition) is 4. The molecule has 0 bridgehead atoms. The SMILES string of the molecule is CCNCc1oc2c(Br)cc(OC)cc2c1COC. The van der Waals surface area contributed by atoms with Gasteiger partial charge in [0.25, 0.3) is 0 Å². The van der Waals surface area contributed by atoms with Gasteiger partial charge >= 0.3 is 0 Å². The van der Waals surface area contributed by atoms with Crippen molar-refractivity contribution in [2.24, 2.45) is 0 Å². The highest BCUT2D eigenvalue weighted by molar-refractivity contribution is 9.10. The molecular weight excluding hydrogens is 310 g/mol. The van der Waals surface area contributed by atoms with Gasteiger partial charge in [0, 0.05) is 18.1 Å². The molecule has 0 saturated carbocycles. The van der Waals surface area contributed by atoms with Crippen molar-refractivity contribution >= 4 is 26.9 Å². The van der Waals surface area contributed by atoms with Crippen LogP contribution in [-0.4, -0.2) is 20.8 Å². The van der Waals surface area contributed by atoms with E-state index in [-0.39, 0.29) is 0 Å². The van der Waals surface area contributed by atoms with Crippen LogP contribution >= 0.6 is 15.9 Å². The Kier molecular flexibility index (Phi) is 4.85. The second kappa shape index (κ2) is 6.41. The maximum absolute atomic E-state index is 5.94. The predicted octanol–water partition coefficient (Wildman–Crippen LogP) is 3.46. The molecule has 104 valence electrons. The van der Waals surface area contributed by atoms with E-state index in [0.717, 1.165) is 39.1 Å². The van der Waals surface area contributed by atoms with E-state index in [4.69, 9.17) is 13.9 Å². The Morgan fingerprint density at radius 1 is 1.32 bits per heavy atom. The zero-order chi connectivity index (χ0) is 13.8. The Morgan fingerprint density at radius 3 is 2.74 bits per heavy atom. The van der Waals surface area contributed by atoms with Gasteiger partial charge < -0.3 is 19.2 Å². The van der Waals surface area contributed by atoms with Gasteiger partial charge in [-0.05, 0) is 34.6 Å². The molecule has 4 nitrogen and oxygen atoms in total. The van der Waals surface area contributed by atoms with Crippen molar-refractivity contribution in [1.82, 2.24) is 5.32 Å². The predicted molar refractivity (Wildman–Crippen MR) is 78.6 cm³/mol. The molecule has 1 heterocycles. The van der Waals surface area contributed by atoms with E-state index >= 15 is 0 Å². The van der Waals surface area contributed by atoms with Gasteiger partial charge in [-0.2, -0.15) is 0 Å². The maximum atomic E-state index is 5.94. The Balaban J connectivity index is 2.56. The average molecular weight is 328 g/mol. The zero-order valence-corrected chi connectivity index (χ0v) is 13.0. The number of halogens is 1. The molecule has 0 atom stereocenters. The van der Waals surface area contributed by atoms with Gasteiger partial charge in [0.2, 0.25) is 0 Å². The van der Waals surface area contributed by atoms with E-state index < -0.39 is 0 Å². The van der Waals surface area contributed by atoms with Crippen LogP contribution < -0.4 is 10.1 Å². The van der Waals surface area contributed by atoms with Crippen LogP contribution in [0, 0.1) is 0 Å². The third-order valence-electron chi connectivity index (χ3n) is 2.96. The molecule has 19 heavy (non-hydrogen) atoms. The Bertz CT molecular complexity index is 565. The van der Waals surface area contributed by atoms with Crippen LogP contribution in [0.2, 0.25) is 0 Å². The topological polar surface area (TPSA) is 43.6 Å². The highest BCUT2D eigenvalue weighted by Gasteiger charge is 2.17. The molecule has 0 saturated heterocycles. The van der Waals surface area contributed by atoms with Crippen LogP contribution in [0.1, 0.15) is 18.2 Å². The molecule has 0 aliphatic heterocycles. The fourth-order valence-corrected chi connectivity index (χ4v) is 2.55. The number of furan rings is 1. The van der Waals surface area contributed by atoms with Gasteiger partial charge in [0.05, 0.1) is 24.7 Å². The minimum absolute atomic E-state index is 0.521. The molecule has 0 unspecified atom stereocenters. The quantitative estimate of drug-likeness (QED) is 0.882. The molecular formula is C14H18BrNO3. The smallest absolute Gasteiger partial charge is 0.149 e. The fraction of sp³-hybridized carbons (Fsp3) is 0.429. The molecule has 1 N–H and O–H groups in total. The molecule has 2 aromatic rings. The van der Waals surface area contributed by atoms with Gasteiger partial charge in [0.1, 0.15) is 17.1 Å². The van der Waals surface area contributed by atoms with Crippen LogP contribution in [0.25, 0.3) is 11.0 Å². The summed E-state index contributed by atoms with van der Waals surface area (Å²) >= 11 is 3.52. The standard InChI is InChI=1S/C14H18BrNO3/c1-4-16-7-13-11(8-17-2)10-5-9(18-3)6-12(15)14(10)19-13/h5-6,16H,4,7-8H2,1-3H3. The Hall–Kier alpha value is -1.04. The molecule has 2 rings (SSSR count). The van der Waals surface area contributed by atoms with E-state index in [2.05, 4.69) is 28.2 Å². The van der Waals surface area contributed by atoms with Crippen LogP contribution in [0.15, 0.2) is 21.0 Å². The van der Waals surface area contributed by atoms with Gasteiger partial charge in [-0.25, -0.2) is 0 Å². The van der Waals surface area contributed by atoms with Crippen molar-refractivity contribution in [1.29, 1.82) is 0 Å². The fourth-order valence-electron chi connectivity index (χ4n) is 2.03. The molecule has 5 heteroatoms. The van der Waals surface area contributed by atoms with E-state index in [0.29, 0.717) is 13.2 Å². The summed E-state index contributed by atoms with van der Waals surface area (Å²) in [5.74, 6) is 1.71. The van der Waals surface area contributed by atoms with Crippen molar-refractivity contribution in [3.63, 3.8) is 0 Å². The summed E-state index contributed by atoms with van der Waals surface area (Å²) in [6, 6.07) is 3.88. The van der Waals surface area contributed by atoms with Gasteiger partial charge in [-0.3, -0.25) is 0 Å². The third kappa shape index (κ3) is 2.94. The van der Waals surface area contributed by atoms with Crippen LogP contribution in [0.5, 0.6) is 5.75 Å². The first kappa shape index (κ1) is 14.4. The number of methoxy groups -OCH3 is 2. The van der Waals surface area contributed by atoms with Crippen molar-refractivity contribution in [2.45, 2.75) is 20.1 Å². The van der Waals surface area contributed by atoms with Gasteiger partial charge in [-0.1, -0.05) is 6.92 Å². The number of rotatable bonds is 6. The van der Waals surface area contributed by atoms with Gasteiger partial charge in [0.15, 0.2) is 0 Å². The average Bonchev–Trinajstić information content (AvgIpc) is 2.76. The lowest BCUT2D eigenvalue weighted by atomic mass is 10.1. The second-order valence-electron chi connectivity index (χ2n) is 4.20. The van der Waals surface area contributed by atoms with Gasteiger partial charge in [-0.15, -0.1) is 0 Å². The Labute approximate surface area is 121 Å². The monoisotopic (exact) mass is 327 g/mol. The summed E-state index contributed by atoms with van der Waals surface area (Å²) in [5, 5.41) is 4.31. The van der Waals surface area contributed by atoms with Crippen molar-refractivity contribution in [2.75, 3.05) is 20.8 Å². The molecule has 1 aromatic carbocycles. The summed E-state index contributed by atoms with van der Waals surface area (Å²) in [7, 11) is 3.34. The van der Waals surface area contributed by atoms with Crippen LogP contribution in [0.3, 0.4) is 0 Å². The van der Waals surface area contributed by atoms with Crippen molar-refractivity contribution in [3.05, 3.63) is 27.9 Å². The summed E-state index contributed by atoms with van der Waals surface area (Å²) in [4.78, 5) is 0. The van der Waals surface area contributed by atoms with E-state index in [1.54, 1.807) is 14.2 Å². The number of fused-ring (bicyclic) bond motifs is 1. The minimum Gasteiger partial charge on any atom is -0.497 e. The van der Waals surface area contributed by atoms with E-state index in [9.17, 15) is 0 Å². The highest BCUT2D eigenvalue weighted by atomic mass is 79.9. The maximum Gasteiger partial charge on any atom is 0.149 e. The lowest BCUT2D eigenvalue weighted by Crippen LogP contribution is -2.12. The molecule has 0 aliphatic carbocycles. The van der Waals surface area contributed by atoms with Crippen LogP contribution in [-0.2, 0) is 17.9 Å². The first-order valence-electron chi connectivity index (χ1n) is 6.18.